The van der Waals surface area contributed by atoms with Gasteiger partial charge in [0.05, 0.1) is 12.1 Å². The third-order valence-electron chi connectivity index (χ3n) is 3.04. The Morgan fingerprint density at radius 3 is 2.94 bits per heavy atom. The first-order chi connectivity index (χ1) is 8.52. The average molecular weight is 270 g/mol. The standard InChI is InChI=1S/C12H22N4OS/c1-4-9(2)16(3)6-5-14-11(17)7-10-8-18-12(13)15-10/h8-9H,4-7H2,1-3H3,(H2,13,15)(H,14,17). The number of anilines is 1. The van der Waals surface area contributed by atoms with Crippen LogP contribution >= 0.6 is 11.3 Å². The first-order valence-electron chi connectivity index (χ1n) is 6.19. The third kappa shape index (κ3) is 5.01. The van der Waals surface area contributed by atoms with Crippen LogP contribution in [-0.2, 0) is 11.2 Å². The summed E-state index contributed by atoms with van der Waals surface area (Å²) in [7, 11) is 2.07. The van der Waals surface area contributed by atoms with E-state index in [9.17, 15) is 4.79 Å². The fraction of sp³-hybridized carbons (Fsp3) is 0.667. The highest BCUT2D eigenvalue weighted by atomic mass is 32.1. The molecule has 1 heterocycles. The van der Waals surface area contributed by atoms with Gasteiger partial charge in [-0.25, -0.2) is 4.98 Å². The molecule has 0 radical (unpaired) electrons. The van der Waals surface area contributed by atoms with Crippen molar-refractivity contribution in [2.45, 2.75) is 32.7 Å². The fourth-order valence-electron chi connectivity index (χ4n) is 1.53. The zero-order valence-electron chi connectivity index (χ0n) is 11.3. The second-order valence-electron chi connectivity index (χ2n) is 4.44. The van der Waals surface area contributed by atoms with Crippen molar-refractivity contribution >= 4 is 22.4 Å². The van der Waals surface area contributed by atoms with E-state index in [1.54, 1.807) is 0 Å². The quantitative estimate of drug-likeness (QED) is 0.779. The summed E-state index contributed by atoms with van der Waals surface area (Å²) in [6.45, 7) is 5.87. The smallest absolute Gasteiger partial charge is 0.226 e. The van der Waals surface area contributed by atoms with Gasteiger partial charge in [0, 0.05) is 24.5 Å². The maximum Gasteiger partial charge on any atom is 0.226 e. The number of nitrogen functional groups attached to an aromatic ring is 1. The van der Waals surface area contributed by atoms with Crippen molar-refractivity contribution < 1.29 is 4.79 Å². The molecular formula is C12H22N4OS. The highest BCUT2D eigenvalue weighted by Crippen LogP contribution is 2.11. The van der Waals surface area contributed by atoms with Crippen molar-refractivity contribution in [3.8, 4) is 0 Å². The molecule has 0 saturated heterocycles. The average Bonchev–Trinajstić information content (AvgIpc) is 2.73. The lowest BCUT2D eigenvalue weighted by Gasteiger charge is -2.23. The molecule has 0 aliphatic rings. The Hall–Kier alpha value is -1.14. The molecule has 1 aromatic heterocycles. The summed E-state index contributed by atoms with van der Waals surface area (Å²) in [5, 5.41) is 5.22. The first kappa shape index (κ1) is 14.9. The van der Waals surface area contributed by atoms with E-state index in [2.05, 4.69) is 36.1 Å². The summed E-state index contributed by atoms with van der Waals surface area (Å²) in [5.41, 5.74) is 6.25. The minimum Gasteiger partial charge on any atom is -0.375 e. The molecule has 1 unspecified atom stereocenters. The van der Waals surface area contributed by atoms with Gasteiger partial charge in [0.25, 0.3) is 0 Å². The summed E-state index contributed by atoms with van der Waals surface area (Å²) in [5.74, 6) is -0.00199. The Morgan fingerprint density at radius 1 is 1.67 bits per heavy atom. The molecule has 5 nitrogen and oxygen atoms in total. The summed E-state index contributed by atoms with van der Waals surface area (Å²) < 4.78 is 0. The van der Waals surface area contributed by atoms with Crippen LogP contribution in [0.3, 0.4) is 0 Å². The van der Waals surface area contributed by atoms with Gasteiger partial charge in [-0.1, -0.05) is 6.92 Å². The molecule has 0 aliphatic heterocycles. The third-order valence-corrected chi connectivity index (χ3v) is 3.76. The van der Waals surface area contributed by atoms with Crippen LogP contribution in [0.1, 0.15) is 26.0 Å². The molecule has 3 N–H and O–H groups in total. The van der Waals surface area contributed by atoms with Gasteiger partial charge in [-0.3, -0.25) is 4.79 Å². The lowest BCUT2D eigenvalue weighted by atomic mass is 10.2. The number of amides is 1. The highest BCUT2D eigenvalue weighted by Gasteiger charge is 2.08. The molecule has 0 saturated carbocycles. The number of nitrogens with two attached hydrogens (primary N) is 1. The molecule has 0 fully saturated rings. The van der Waals surface area contributed by atoms with E-state index in [0.29, 0.717) is 24.1 Å². The van der Waals surface area contributed by atoms with Crippen LogP contribution in [0.2, 0.25) is 0 Å². The van der Waals surface area contributed by atoms with E-state index >= 15 is 0 Å². The van der Waals surface area contributed by atoms with Crippen LogP contribution in [-0.4, -0.2) is 42.0 Å². The molecule has 0 aliphatic carbocycles. The van der Waals surface area contributed by atoms with Gasteiger partial charge in [-0.2, -0.15) is 0 Å². The Balaban J connectivity index is 2.21. The van der Waals surface area contributed by atoms with Gasteiger partial charge in [-0.05, 0) is 20.4 Å². The number of likely N-dealkylation sites (N-methyl/N-ethyl adjacent to an activating group) is 1. The number of carbonyl (C=O) groups is 1. The van der Waals surface area contributed by atoms with Crippen LogP contribution in [0, 0.1) is 0 Å². The molecule has 18 heavy (non-hydrogen) atoms. The van der Waals surface area contributed by atoms with Crippen molar-refractivity contribution in [3.05, 3.63) is 11.1 Å². The van der Waals surface area contributed by atoms with E-state index in [-0.39, 0.29) is 5.91 Å². The second-order valence-corrected chi connectivity index (χ2v) is 5.33. The molecule has 1 amide bonds. The van der Waals surface area contributed by atoms with Gasteiger partial charge in [0.1, 0.15) is 0 Å². The Kier molecular flexibility index (Phi) is 6.07. The van der Waals surface area contributed by atoms with Gasteiger partial charge in [0.2, 0.25) is 5.91 Å². The van der Waals surface area contributed by atoms with Gasteiger partial charge in [0.15, 0.2) is 5.13 Å². The van der Waals surface area contributed by atoms with Gasteiger partial charge in [-0.15, -0.1) is 11.3 Å². The molecule has 0 spiro atoms. The highest BCUT2D eigenvalue weighted by molar-refractivity contribution is 7.13. The number of nitrogens with zero attached hydrogens (tertiary/aromatic N) is 2. The van der Waals surface area contributed by atoms with Crippen molar-refractivity contribution in [2.24, 2.45) is 0 Å². The number of hydrogen-bond acceptors (Lipinski definition) is 5. The number of nitrogens with one attached hydrogen (secondary N) is 1. The van der Waals surface area contributed by atoms with Crippen molar-refractivity contribution in [2.75, 3.05) is 25.9 Å². The molecule has 1 atom stereocenters. The van der Waals surface area contributed by atoms with Crippen molar-refractivity contribution in [1.29, 1.82) is 0 Å². The Labute approximate surface area is 112 Å². The second kappa shape index (κ2) is 7.33. The SMILES string of the molecule is CCC(C)N(C)CCNC(=O)Cc1csc(N)n1. The topological polar surface area (TPSA) is 71.2 Å². The molecule has 6 heteroatoms. The predicted molar refractivity (Wildman–Crippen MR) is 75.6 cm³/mol. The van der Waals surface area contributed by atoms with Gasteiger partial charge < -0.3 is 16.0 Å². The lowest BCUT2D eigenvalue weighted by molar-refractivity contribution is -0.120. The van der Waals surface area contributed by atoms with Crippen LogP contribution in [0.4, 0.5) is 5.13 Å². The van der Waals surface area contributed by atoms with Crippen LogP contribution in [0.25, 0.3) is 0 Å². The van der Waals surface area contributed by atoms with Crippen LogP contribution in [0.5, 0.6) is 0 Å². The number of rotatable bonds is 7. The Morgan fingerprint density at radius 2 is 2.39 bits per heavy atom. The predicted octanol–water partition coefficient (Wildman–Crippen LogP) is 1.11. The zero-order valence-corrected chi connectivity index (χ0v) is 12.1. The zero-order chi connectivity index (χ0) is 13.5. The molecule has 0 bridgehead atoms. The monoisotopic (exact) mass is 270 g/mol. The van der Waals surface area contributed by atoms with Crippen molar-refractivity contribution in [1.82, 2.24) is 15.2 Å². The normalized spacial score (nSPS) is 12.7. The minimum atomic E-state index is -0.00199. The molecule has 1 aromatic rings. The van der Waals surface area contributed by atoms with E-state index in [4.69, 9.17) is 5.73 Å². The van der Waals surface area contributed by atoms with Crippen LogP contribution in [0.15, 0.2) is 5.38 Å². The number of carbonyl (C=O) groups excluding carboxylic acids is 1. The number of aromatic nitrogens is 1. The largest absolute Gasteiger partial charge is 0.375 e. The van der Waals surface area contributed by atoms with E-state index in [1.165, 1.54) is 11.3 Å². The van der Waals surface area contributed by atoms with Crippen LogP contribution < -0.4 is 11.1 Å². The summed E-state index contributed by atoms with van der Waals surface area (Å²) in [4.78, 5) is 17.9. The summed E-state index contributed by atoms with van der Waals surface area (Å²) >= 11 is 1.36. The molecular weight excluding hydrogens is 248 g/mol. The summed E-state index contributed by atoms with van der Waals surface area (Å²) in [6.07, 6.45) is 1.42. The maximum atomic E-state index is 11.6. The Bertz CT molecular complexity index is 380. The molecule has 0 aromatic carbocycles. The van der Waals surface area contributed by atoms with E-state index in [1.807, 2.05) is 5.38 Å². The maximum absolute atomic E-state index is 11.6. The number of hydrogen-bond donors (Lipinski definition) is 2. The van der Waals surface area contributed by atoms with Crippen molar-refractivity contribution in [3.63, 3.8) is 0 Å². The van der Waals surface area contributed by atoms with E-state index in [0.717, 1.165) is 18.7 Å². The number of thiazole rings is 1. The molecule has 102 valence electrons. The summed E-state index contributed by atoms with van der Waals surface area (Å²) in [6, 6.07) is 0.542. The van der Waals surface area contributed by atoms with Gasteiger partial charge >= 0.3 is 0 Å². The van der Waals surface area contributed by atoms with E-state index < -0.39 is 0 Å². The minimum absolute atomic E-state index is 0.00199. The first-order valence-corrected chi connectivity index (χ1v) is 7.07. The fourth-order valence-corrected chi connectivity index (χ4v) is 2.10. The lowest BCUT2D eigenvalue weighted by Crippen LogP contribution is -2.37. The molecule has 1 rings (SSSR count).